The second-order valence-electron chi connectivity index (χ2n) is 5.21. The van der Waals surface area contributed by atoms with Crippen LogP contribution in [0, 0.1) is 0 Å². The number of carbonyl (C=O) groups excluding carboxylic acids is 2. The summed E-state index contributed by atoms with van der Waals surface area (Å²) in [4.78, 5) is 36.0. The number of phenolic OH excluding ortho intramolecular Hbond substituents is 1. The summed E-state index contributed by atoms with van der Waals surface area (Å²) in [7, 11) is 0. The fraction of sp³-hybridized carbons (Fsp3) is 0.400. The summed E-state index contributed by atoms with van der Waals surface area (Å²) in [5.41, 5.74) is 0.642. The summed E-state index contributed by atoms with van der Waals surface area (Å²) in [5, 5.41) is 18.6. The Morgan fingerprint density at radius 3 is 2.77 bits per heavy atom. The number of likely N-dealkylation sites (tertiary alicyclic amines) is 1. The van der Waals surface area contributed by atoms with Gasteiger partial charge >= 0.3 is 5.97 Å². The Bertz CT molecular complexity index is 603. The molecule has 0 bridgehead atoms. The first-order chi connectivity index (χ1) is 10.4. The van der Waals surface area contributed by atoms with Crippen molar-refractivity contribution in [1.82, 2.24) is 4.90 Å². The summed E-state index contributed by atoms with van der Waals surface area (Å²) in [6.07, 6.45) is 0.293. The smallest absolute Gasteiger partial charge is 0.326 e. The molecule has 2 rings (SSSR count). The maximum absolute atomic E-state index is 12.1. The van der Waals surface area contributed by atoms with Crippen molar-refractivity contribution in [3.8, 4) is 5.75 Å². The third-order valence-corrected chi connectivity index (χ3v) is 4.44. The summed E-state index contributed by atoms with van der Waals surface area (Å²) in [6.45, 7) is 1.68. The maximum Gasteiger partial charge on any atom is 0.326 e. The highest BCUT2D eigenvalue weighted by molar-refractivity contribution is 8.14. The first-order valence-corrected chi connectivity index (χ1v) is 7.72. The molecule has 6 nitrogen and oxygen atoms in total. The van der Waals surface area contributed by atoms with E-state index in [1.54, 1.807) is 12.1 Å². The van der Waals surface area contributed by atoms with Gasteiger partial charge in [0.05, 0.1) is 0 Å². The second-order valence-corrected chi connectivity index (χ2v) is 6.69. The van der Waals surface area contributed by atoms with E-state index in [9.17, 15) is 24.6 Å². The van der Waals surface area contributed by atoms with E-state index in [-0.39, 0.29) is 41.4 Å². The number of carbonyl (C=O) groups is 3. The number of hydrogen-bond acceptors (Lipinski definition) is 5. The minimum atomic E-state index is -1.09. The van der Waals surface area contributed by atoms with E-state index in [2.05, 4.69) is 0 Å². The summed E-state index contributed by atoms with van der Waals surface area (Å²) in [5.74, 6) is -1.30. The van der Waals surface area contributed by atoms with Crippen molar-refractivity contribution < 1.29 is 24.6 Å². The molecule has 7 heteroatoms. The first kappa shape index (κ1) is 16.4. The van der Waals surface area contributed by atoms with E-state index in [0.29, 0.717) is 5.56 Å². The lowest BCUT2D eigenvalue weighted by molar-refractivity contribution is -0.148. The van der Waals surface area contributed by atoms with Gasteiger partial charge < -0.3 is 15.1 Å². The standard InChI is InChI=1S/C15H17NO5S/c1-9(17)22-12-7-14(19)16(8-12)13(15(20)21)6-10-3-2-4-11(18)5-10/h2-5,12-13,18H,6-8H2,1H3,(H,20,21). The molecule has 22 heavy (non-hydrogen) atoms. The average molecular weight is 323 g/mol. The first-order valence-electron chi connectivity index (χ1n) is 6.84. The Morgan fingerprint density at radius 2 is 2.18 bits per heavy atom. The van der Waals surface area contributed by atoms with Gasteiger partial charge in [0, 0.05) is 31.6 Å². The molecule has 0 aliphatic carbocycles. The Hall–Kier alpha value is -2.02. The minimum Gasteiger partial charge on any atom is -0.508 e. The largest absolute Gasteiger partial charge is 0.508 e. The number of carboxylic acid groups (broad SMARTS) is 1. The highest BCUT2D eigenvalue weighted by Crippen LogP contribution is 2.27. The monoisotopic (exact) mass is 323 g/mol. The molecule has 1 amide bonds. The normalized spacial score (nSPS) is 19.2. The highest BCUT2D eigenvalue weighted by atomic mass is 32.2. The molecule has 118 valence electrons. The van der Waals surface area contributed by atoms with Crippen molar-refractivity contribution in [3.05, 3.63) is 29.8 Å². The quantitative estimate of drug-likeness (QED) is 0.847. The molecule has 1 fully saturated rings. The molecular weight excluding hydrogens is 306 g/mol. The van der Waals surface area contributed by atoms with Gasteiger partial charge in [0.15, 0.2) is 5.12 Å². The number of aromatic hydroxyl groups is 1. The zero-order valence-corrected chi connectivity index (χ0v) is 12.9. The van der Waals surface area contributed by atoms with Crippen LogP contribution in [0.3, 0.4) is 0 Å². The topological polar surface area (TPSA) is 94.9 Å². The van der Waals surface area contributed by atoms with Crippen LogP contribution in [-0.4, -0.2) is 49.9 Å². The third-order valence-electron chi connectivity index (χ3n) is 3.46. The molecule has 2 unspecified atom stereocenters. The molecule has 0 spiro atoms. The van der Waals surface area contributed by atoms with E-state index < -0.39 is 12.0 Å². The van der Waals surface area contributed by atoms with Crippen LogP contribution in [-0.2, 0) is 20.8 Å². The predicted octanol–water partition coefficient (Wildman–Crippen LogP) is 1.27. The third kappa shape index (κ3) is 4.00. The Morgan fingerprint density at radius 1 is 1.45 bits per heavy atom. The van der Waals surface area contributed by atoms with Gasteiger partial charge in [0.25, 0.3) is 0 Å². The Labute approximate surface area is 132 Å². The van der Waals surface area contributed by atoms with Crippen LogP contribution in [0.2, 0.25) is 0 Å². The average Bonchev–Trinajstić information content (AvgIpc) is 2.75. The number of aliphatic carboxylic acids is 1. The molecule has 1 aliphatic rings. The van der Waals surface area contributed by atoms with Gasteiger partial charge in [-0.25, -0.2) is 4.79 Å². The zero-order valence-electron chi connectivity index (χ0n) is 12.1. The highest BCUT2D eigenvalue weighted by Gasteiger charge is 2.38. The fourth-order valence-electron chi connectivity index (χ4n) is 2.55. The van der Waals surface area contributed by atoms with E-state index in [0.717, 1.165) is 11.8 Å². The number of rotatable bonds is 5. The Kier molecular flexibility index (Phi) is 5.07. The number of benzene rings is 1. The molecular formula is C15H17NO5S. The number of amides is 1. The number of carboxylic acids is 1. The summed E-state index contributed by atoms with van der Waals surface area (Å²) in [6, 6.07) is 5.33. The lowest BCUT2D eigenvalue weighted by Crippen LogP contribution is -2.43. The SMILES string of the molecule is CC(=O)SC1CC(=O)N(C(Cc2cccc(O)c2)C(=O)O)C1. The predicted molar refractivity (Wildman–Crippen MR) is 81.6 cm³/mol. The molecule has 2 N–H and O–H groups in total. The van der Waals surface area contributed by atoms with E-state index >= 15 is 0 Å². The number of thioether (sulfide) groups is 1. The molecule has 0 saturated carbocycles. The van der Waals surface area contributed by atoms with Crippen LogP contribution >= 0.6 is 11.8 Å². The number of nitrogens with zero attached hydrogens (tertiary/aromatic N) is 1. The van der Waals surface area contributed by atoms with Crippen molar-refractivity contribution >= 4 is 28.8 Å². The molecule has 1 aromatic rings. The van der Waals surface area contributed by atoms with Crippen molar-refractivity contribution in [2.45, 2.75) is 31.1 Å². The molecule has 1 saturated heterocycles. The van der Waals surface area contributed by atoms with Gasteiger partial charge in [-0.15, -0.1) is 0 Å². The van der Waals surface area contributed by atoms with Crippen molar-refractivity contribution in [2.75, 3.05) is 6.54 Å². The van der Waals surface area contributed by atoms with Crippen LogP contribution in [0.1, 0.15) is 18.9 Å². The number of phenols is 1. The summed E-state index contributed by atoms with van der Waals surface area (Å²) < 4.78 is 0. The Balaban J connectivity index is 2.13. The molecule has 1 aromatic carbocycles. The molecule has 2 atom stereocenters. The van der Waals surface area contributed by atoms with Gasteiger partial charge in [-0.05, 0) is 17.7 Å². The van der Waals surface area contributed by atoms with Gasteiger partial charge in [-0.2, -0.15) is 0 Å². The van der Waals surface area contributed by atoms with Crippen LogP contribution < -0.4 is 0 Å². The van der Waals surface area contributed by atoms with E-state index in [1.807, 2.05) is 0 Å². The van der Waals surface area contributed by atoms with E-state index in [4.69, 9.17) is 0 Å². The lowest BCUT2D eigenvalue weighted by Gasteiger charge is -2.24. The van der Waals surface area contributed by atoms with Gasteiger partial charge in [0.2, 0.25) is 5.91 Å². The zero-order chi connectivity index (χ0) is 16.3. The van der Waals surface area contributed by atoms with Gasteiger partial charge in [-0.3, -0.25) is 9.59 Å². The molecule has 1 heterocycles. The molecule has 0 aromatic heterocycles. The lowest BCUT2D eigenvalue weighted by atomic mass is 10.0. The van der Waals surface area contributed by atoms with Crippen molar-refractivity contribution in [1.29, 1.82) is 0 Å². The summed E-state index contributed by atoms with van der Waals surface area (Å²) >= 11 is 1.07. The van der Waals surface area contributed by atoms with Crippen LogP contribution in [0.15, 0.2) is 24.3 Å². The second kappa shape index (κ2) is 6.83. The molecule has 0 radical (unpaired) electrons. The van der Waals surface area contributed by atoms with Crippen LogP contribution in [0.5, 0.6) is 5.75 Å². The van der Waals surface area contributed by atoms with Crippen LogP contribution in [0.25, 0.3) is 0 Å². The fourth-order valence-corrected chi connectivity index (χ4v) is 3.48. The number of hydrogen-bond donors (Lipinski definition) is 2. The van der Waals surface area contributed by atoms with Gasteiger partial charge in [-0.1, -0.05) is 23.9 Å². The van der Waals surface area contributed by atoms with Crippen molar-refractivity contribution in [3.63, 3.8) is 0 Å². The van der Waals surface area contributed by atoms with Crippen molar-refractivity contribution in [2.24, 2.45) is 0 Å². The van der Waals surface area contributed by atoms with E-state index in [1.165, 1.54) is 24.0 Å². The minimum absolute atomic E-state index is 0.0550. The maximum atomic E-state index is 12.1. The molecule has 1 aliphatic heterocycles. The van der Waals surface area contributed by atoms with Gasteiger partial charge in [0.1, 0.15) is 11.8 Å². The van der Waals surface area contributed by atoms with Crippen LogP contribution in [0.4, 0.5) is 0 Å².